The van der Waals surface area contributed by atoms with E-state index < -0.39 is 47.9 Å². The SMILES string of the molecule is CC(=O)OC12C3CCC(C3)C1COC(O)(C(F)(F)F)C2(F)F. The molecule has 3 aliphatic rings. The van der Waals surface area contributed by atoms with Crippen LogP contribution in [0.2, 0.25) is 0 Å². The van der Waals surface area contributed by atoms with Crippen molar-refractivity contribution in [2.45, 2.75) is 49.7 Å². The number of ether oxygens (including phenoxy) is 2. The number of hydrogen-bond donors (Lipinski definition) is 1. The molecule has 5 atom stereocenters. The molecule has 22 heavy (non-hydrogen) atoms. The molecule has 2 aliphatic carbocycles. The van der Waals surface area contributed by atoms with Crippen LogP contribution in [0.4, 0.5) is 22.0 Å². The Labute approximate surface area is 122 Å². The molecule has 1 saturated heterocycles. The van der Waals surface area contributed by atoms with Crippen molar-refractivity contribution in [3.05, 3.63) is 0 Å². The van der Waals surface area contributed by atoms with Gasteiger partial charge in [-0.3, -0.25) is 4.79 Å². The molecule has 1 aliphatic heterocycles. The second kappa shape index (κ2) is 4.31. The lowest BCUT2D eigenvalue weighted by Crippen LogP contribution is -2.77. The molecule has 0 radical (unpaired) electrons. The molecule has 0 aromatic carbocycles. The topological polar surface area (TPSA) is 55.8 Å². The van der Waals surface area contributed by atoms with Crippen LogP contribution in [0.5, 0.6) is 0 Å². The Bertz CT molecular complexity index is 507. The molecule has 3 rings (SSSR count). The van der Waals surface area contributed by atoms with Gasteiger partial charge in [0.15, 0.2) is 5.60 Å². The summed E-state index contributed by atoms with van der Waals surface area (Å²) in [4.78, 5) is 11.3. The van der Waals surface area contributed by atoms with Gasteiger partial charge in [0.05, 0.1) is 6.61 Å². The number of esters is 1. The molecule has 9 heteroatoms. The number of alkyl halides is 5. The maximum Gasteiger partial charge on any atom is 0.449 e. The van der Waals surface area contributed by atoms with Crippen LogP contribution in [-0.2, 0) is 14.3 Å². The van der Waals surface area contributed by atoms with E-state index in [0.29, 0.717) is 6.42 Å². The third kappa shape index (κ3) is 1.61. The second-order valence-corrected chi connectivity index (χ2v) is 6.29. The Hall–Kier alpha value is -0.960. The average Bonchev–Trinajstić information content (AvgIpc) is 2.93. The van der Waals surface area contributed by atoms with Crippen molar-refractivity contribution in [2.75, 3.05) is 6.61 Å². The fraction of sp³-hybridized carbons (Fsp3) is 0.923. The Morgan fingerprint density at radius 1 is 1.32 bits per heavy atom. The van der Waals surface area contributed by atoms with Gasteiger partial charge in [0.25, 0.3) is 0 Å². The highest BCUT2D eigenvalue weighted by molar-refractivity contribution is 5.67. The molecular weight excluding hydrogens is 315 g/mol. The lowest BCUT2D eigenvalue weighted by molar-refractivity contribution is -0.483. The quantitative estimate of drug-likeness (QED) is 0.592. The van der Waals surface area contributed by atoms with E-state index in [4.69, 9.17) is 4.74 Å². The van der Waals surface area contributed by atoms with Crippen LogP contribution in [0.25, 0.3) is 0 Å². The minimum absolute atomic E-state index is 0.234. The summed E-state index contributed by atoms with van der Waals surface area (Å²) in [5.74, 6) is -12.8. The number of aliphatic hydroxyl groups is 1. The standard InChI is InChI=1S/C13H15F5O4/c1-6(19)22-10-8-3-2-7(4-8)9(10)5-21-12(20,11(10,14)15)13(16,17)18/h7-9,20H,2-5H2,1H3. The van der Waals surface area contributed by atoms with Crippen molar-refractivity contribution in [3.8, 4) is 0 Å². The third-order valence-electron chi connectivity index (χ3n) is 5.28. The molecule has 1 heterocycles. The van der Waals surface area contributed by atoms with Crippen LogP contribution in [0.15, 0.2) is 0 Å². The maximum atomic E-state index is 14.8. The van der Waals surface area contributed by atoms with Gasteiger partial charge in [-0.15, -0.1) is 0 Å². The summed E-state index contributed by atoms with van der Waals surface area (Å²) in [6, 6.07) is 0. The van der Waals surface area contributed by atoms with Gasteiger partial charge in [-0.25, -0.2) is 0 Å². The summed E-state index contributed by atoms with van der Waals surface area (Å²) in [6.45, 7) is 0.149. The van der Waals surface area contributed by atoms with E-state index in [0.717, 1.165) is 6.92 Å². The zero-order chi connectivity index (χ0) is 16.6. The first kappa shape index (κ1) is 15.9. The summed E-state index contributed by atoms with van der Waals surface area (Å²) < 4.78 is 77.7. The first-order valence-corrected chi connectivity index (χ1v) is 6.98. The van der Waals surface area contributed by atoms with Crippen molar-refractivity contribution in [2.24, 2.45) is 17.8 Å². The van der Waals surface area contributed by atoms with Gasteiger partial charge in [-0.05, 0) is 25.2 Å². The number of fused-ring (bicyclic) bond motifs is 5. The summed E-state index contributed by atoms with van der Waals surface area (Å²) in [6.07, 6.45) is -4.67. The van der Waals surface area contributed by atoms with Crippen LogP contribution in [-0.4, -0.2) is 41.2 Å². The first-order valence-electron chi connectivity index (χ1n) is 6.98. The molecule has 0 amide bonds. The summed E-state index contributed by atoms with van der Waals surface area (Å²) >= 11 is 0. The minimum atomic E-state index is -5.71. The van der Waals surface area contributed by atoms with Crippen LogP contribution in [0.3, 0.4) is 0 Å². The summed E-state index contributed by atoms with van der Waals surface area (Å²) in [5, 5.41) is 9.60. The van der Waals surface area contributed by atoms with E-state index in [9.17, 15) is 31.9 Å². The zero-order valence-corrected chi connectivity index (χ0v) is 11.6. The van der Waals surface area contributed by atoms with Gasteiger partial charge in [-0.2, -0.15) is 22.0 Å². The van der Waals surface area contributed by atoms with Crippen LogP contribution < -0.4 is 0 Å². The van der Waals surface area contributed by atoms with Gasteiger partial charge < -0.3 is 14.6 Å². The molecule has 126 valence electrons. The fourth-order valence-electron chi connectivity index (χ4n) is 4.46. The second-order valence-electron chi connectivity index (χ2n) is 6.29. The lowest BCUT2D eigenvalue weighted by atomic mass is 9.67. The van der Waals surface area contributed by atoms with Crippen molar-refractivity contribution in [3.63, 3.8) is 0 Å². The van der Waals surface area contributed by atoms with Crippen molar-refractivity contribution >= 4 is 5.97 Å². The normalized spacial score (nSPS) is 46.4. The fourth-order valence-corrected chi connectivity index (χ4v) is 4.46. The molecule has 0 spiro atoms. The molecule has 0 aromatic rings. The molecule has 2 bridgehead atoms. The van der Waals surface area contributed by atoms with Crippen LogP contribution in [0, 0.1) is 17.8 Å². The third-order valence-corrected chi connectivity index (χ3v) is 5.28. The highest BCUT2D eigenvalue weighted by Crippen LogP contribution is 2.67. The highest BCUT2D eigenvalue weighted by atomic mass is 19.4. The van der Waals surface area contributed by atoms with Gasteiger partial charge in [0.2, 0.25) is 0 Å². The molecule has 4 nitrogen and oxygen atoms in total. The molecule has 0 aromatic heterocycles. The molecule has 2 saturated carbocycles. The molecule has 5 unspecified atom stereocenters. The Kier molecular flexibility index (Phi) is 3.12. The van der Waals surface area contributed by atoms with Crippen molar-refractivity contribution in [1.82, 2.24) is 0 Å². The number of rotatable bonds is 1. The Morgan fingerprint density at radius 3 is 2.50 bits per heavy atom. The average molecular weight is 330 g/mol. The summed E-state index contributed by atoms with van der Waals surface area (Å²) in [5.41, 5.74) is -2.66. The monoisotopic (exact) mass is 330 g/mol. The Balaban J connectivity index is 2.15. The number of carbonyl (C=O) groups excluding carboxylic acids is 1. The van der Waals surface area contributed by atoms with Gasteiger partial charge in [0, 0.05) is 18.8 Å². The smallest absolute Gasteiger partial charge is 0.449 e. The van der Waals surface area contributed by atoms with E-state index in [1.807, 2.05) is 0 Å². The largest absolute Gasteiger partial charge is 0.452 e. The van der Waals surface area contributed by atoms with Crippen molar-refractivity contribution in [1.29, 1.82) is 0 Å². The van der Waals surface area contributed by atoms with E-state index in [2.05, 4.69) is 4.74 Å². The first-order chi connectivity index (χ1) is 9.97. The number of carbonyl (C=O) groups is 1. The van der Waals surface area contributed by atoms with E-state index in [1.54, 1.807) is 0 Å². The highest BCUT2D eigenvalue weighted by Gasteiger charge is 2.87. The predicted molar refractivity (Wildman–Crippen MR) is 60.7 cm³/mol. The van der Waals surface area contributed by atoms with Crippen molar-refractivity contribution < 1.29 is 41.3 Å². The Morgan fingerprint density at radius 2 is 1.95 bits per heavy atom. The molecular formula is C13H15F5O4. The van der Waals surface area contributed by atoms with Gasteiger partial charge in [0.1, 0.15) is 0 Å². The molecule has 1 N–H and O–H groups in total. The number of halogens is 5. The summed E-state index contributed by atoms with van der Waals surface area (Å²) in [7, 11) is 0. The minimum Gasteiger partial charge on any atom is -0.452 e. The predicted octanol–water partition coefficient (Wildman–Crippen LogP) is 2.25. The number of hydrogen-bond acceptors (Lipinski definition) is 4. The maximum absolute atomic E-state index is 14.8. The zero-order valence-electron chi connectivity index (χ0n) is 11.6. The van der Waals surface area contributed by atoms with Crippen LogP contribution in [0.1, 0.15) is 26.2 Å². The van der Waals surface area contributed by atoms with E-state index in [1.165, 1.54) is 0 Å². The van der Waals surface area contributed by atoms with E-state index in [-0.39, 0.29) is 18.8 Å². The van der Waals surface area contributed by atoms with Gasteiger partial charge >= 0.3 is 23.9 Å². The van der Waals surface area contributed by atoms with Gasteiger partial charge in [-0.1, -0.05) is 0 Å². The van der Waals surface area contributed by atoms with E-state index >= 15 is 0 Å². The lowest BCUT2D eigenvalue weighted by Gasteiger charge is -2.55. The molecule has 3 fully saturated rings. The van der Waals surface area contributed by atoms with Crippen LogP contribution >= 0.6 is 0 Å².